The molecule has 2 aromatic rings. The molecule has 0 aliphatic heterocycles. The number of rotatable bonds is 12. The molecule has 0 spiro atoms. The van der Waals surface area contributed by atoms with E-state index in [1.54, 1.807) is 31.2 Å². The topological polar surface area (TPSA) is 67.9 Å². The van der Waals surface area contributed by atoms with E-state index in [1.807, 2.05) is 25.1 Å². The van der Waals surface area contributed by atoms with Crippen molar-refractivity contribution in [1.82, 2.24) is 10.2 Å². The summed E-state index contributed by atoms with van der Waals surface area (Å²) < 4.78 is 24.1. The van der Waals surface area contributed by atoms with Crippen LogP contribution in [-0.4, -0.2) is 49.1 Å². The van der Waals surface area contributed by atoms with Crippen molar-refractivity contribution in [2.75, 3.05) is 26.4 Å². The van der Waals surface area contributed by atoms with Crippen LogP contribution < -0.4 is 10.1 Å². The summed E-state index contributed by atoms with van der Waals surface area (Å²) in [7, 11) is 0. The monoisotopic (exact) mass is 416 g/mol. The van der Waals surface area contributed by atoms with E-state index in [-0.39, 0.29) is 30.8 Å². The molecule has 0 aliphatic carbocycles. The number of para-hydroxylation sites is 1. The molecule has 2 rings (SSSR count). The summed E-state index contributed by atoms with van der Waals surface area (Å²) in [4.78, 5) is 26.9. The van der Waals surface area contributed by atoms with E-state index in [0.717, 1.165) is 5.56 Å². The van der Waals surface area contributed by atoms with E-state index in [0.29, 0.717) is 31.9 Å². The summed E-state index contributed by atoms with van der Waals surface area (Å²) in [5.41, 5.74) is 0.723. The SMILES string of the molecule is CCOCCCNC(=O)[C@@H](C)N(Cc1ccc(F)cc1)C(=O)COc1ccccc1. The summed E-state index contributed by atoms with van der Waals surface area (Å²) in [6, 6.07) is 14.1. The van der Waals surface area contributed by atoms with Gasteiger partial charge in [0.2, 0.25) is 5.91 Å². The number of carbonyl (C=O) groups is 2. The molecule has 0 unspecified atom stereocenters. The van der Waals surface area contributed by atoms with E-state index >= 15 is 0 Å². The van der Waals surface area contributed by atoms with Crippen LogP contribution in [0.25, 0.3) is 0 Å². The van der Waals surface area contributed by atoms with Crippen LogP contribution in [-0.2, 0) is 20.9 Å². The molecule has 0 saturated heterocycles. The lowest BCUT2D eigenvalue weighted by molar-refractivity contribution is -0.142. The fourth-order valence-electron chi connectivity index (χ4n) is 2.79. The zero-order valence-corrected chi connectivity index (χ0v) is 17.5. The fourth-order valence-corrected chi connectivity index (χ4v) is 2.79. The minimum atomic E-state index is -0.714. The molecule has 162 valence electrons. The number of nitrogens with one attached hydrogen (secondary N) is 1. The van der Waals surface area contributed by atoms with Gasteiger partial charge in [-0.25, -0.2) is 4.39 Å². The van der Waals surface area contributed by atoms with Gasteiger partial charge in [-0.2, -0.15) is 0 Å². The molecule has 0 heterocycles. The number of hydrogen-bond donors (Lipinski definition) is 1. The van der Waals surface area contributed by atoms with Gasteiger partial charge in [0.05, 0.1) is 0 Å². The van der Waals surface area contributed by atoms with Gasteiger partial charge in [0.1, 0.15) is 17.6 Å². The highest BCUT2D eigenvalue weighted by Gasteiger charge is 2.26. The van der Waals surface area contributed by atoms with Crippen molar-refractivity contribution in [3.63, 3.8) is 0 Å². The molecule has 30 heavy (non-hydrogen) atoms. The Kier molecular flexibility index (Phi) is 9.80. The van der Waals surface area contributed by atoms with Gasteiger partial charge in [0.25, 0.3) is 5.91 Å². The standard InChI is InChI=1S/C23H29FN2O4/c1-3-29-15-7-14-25-23(28)18(2)26(16-19-10-12-20(24)13-11-19)22(27)17-30-21-8-5-4-6-9-21/h4-6,8-13,18H,3,7,14-17H2,1-2H3,(H,25,28)/t18-/m1/s1. The average Bonchev–Trinajstić information content (AvgIpc) is 2.77. The van der Waals surface area contributed by atoms with Gasteiger partial charge in [-0.1, -0.05) is 30.3 Å². The second kappa shape index (κ2) is 12.6. The van der Waals surface area contributed by atoms with Crippen molar-refractivity contribution in [3.05, 3.63) is 66.0 Å². The molecular formula is C23H29FN2O4. The molecule has 0 aliphatic rings. The maximum Gasteiger partial charge on any atom is 0.261 e. The molecule has 0 saturated carbocycles. The van der Waals surface area contributed by atoms with Gasteiger partial charge in [-0.3, -0.25) is 9.59 Å². The molecule has 6 nitrogen and oxygen atoms in total. The third kappa shape index (κ3) is 7.83. The van der Waals surface area contributed by atoms with Gasteiger partial charge in [0, 0.05) is 26.3 Å². The molecule has 0 aromatic heterocycles. The number of nitrogens with zero attached hydrogens (tertiary/aromatic N) is 1. The zero-order chi connectivity index (χ0) is 21.8. The third-order valence-electron chi connectivity index (χ3n) is 4.51. The molecule has 0 bridgehead atoms. The minimum Gasteiger partial charge on any atom is -0.484 e. The fraction of sp³-hybridized carbons (Fsp3) is 0.391. The largest absolute Gasteiger partial charge is 0.484 e. The number of halogens is 1. The van der Waals surface area contributed by atoms with Crippen molar-refractivity contribution in [1.29, 1.82) is 0 Å². The smallest absolute Gasteiger partial charge is 0.261 e. The number of amides is 2. The Morgan fingerprint density at radius 1 is 1.10 bits per heavy atom. The first kappa shape index (κ1) is 23.3. The lowest BCUT2D eigenvalue weighted by Crippen LogP contribution is -2.49. The van der Waals surface area contributed by atoms with E-state index < -0.39 is 6.04 Å². The summed E-state index contributed by atoms with van der Waals surface area (Å²) in [5.74, 6) is -0.383. The molecule has 0 fully saturated rings. The van der Waals surface area contributed by atoms with Crippen molar-refractivity contribution in [2.24, 2.45) is 0 Å². The highest BCUT2D eigenvalue weighted by molar-refractivity contribution is 5.87. The van der Waals surface area contributed by atoms with Crippen LogP contribution in [0.4, 0.5) is 4.39 Å². The summed E-state index contributed by atoms with van der Waals surface area (Å²) in [6.07, 6.45) is 0.690. The highest BCUT2D eigenvalue weighted by atomic mass is 19.1. The Labute approximate surface area is 177 Å². The average molecular weight is 416 g/mol. The maximum atomic E-state index is 13.2. The number of ether oxygens (including phenoxy) is 2. The van der Waals surface area contributed by atoms with Crippen molar-refractivity contribution in [2.45, 2.75) is 32.9 Å². The molecule has 2 amide bonds. The van der Waals surface area contributed by atoms with Gasteiger partial charge in [0.15, 0.2) is 6.61 Å². The van der Waals surface area contributed by atoms with Gasteiger partial charge in [-0.15, -0.1) is 0 Å². The lowest BCUT2D eigenvalue weighted by atomic mass is 10.1. The van der Waals surface area contributed by atoms with E-state index in [9.17, 15) is 14.0 Å². The van der Waals surface area contributed by atoms with Crippen LogP contribution >= 0.6 is 0 Å². The molecule has 1 N–H and O–H groups in total. The first-order chi connectivity index (χ1) is 14.5. The van der Waals surface area contributed by atoms with Crippen molar-refractivity contribution >= 4 is 11.8 Å². The van der Waals surface area contributed by atoms with Crippen LogP contribution in [0.3, 0.4) is 0 Å². The zero-order valence-electron chi connectivity index (χ0n) is 17.5. The Hall–Kier alpha value is -2.93. The van der Waals surface area contributed by atoms with Crippen LogP contribution in [0, 0.1) is 5.82 Å². The molecule has 7 heteroatoms. The summed E-state index contributed by atoms with van der Waals surface area (Å²) in [5, 5.41) is 2.83. The third-order valence-corrected chi connectivity index (χ3v) is 4.51. The van der Waals surface area contributed by atoms with Gasteiger partial charge in [-0.05, 0) is 50.1 Å². The summed E-state index contributed by atoms with van der Waals surface area (Å²) in [6.45, 7) is 5.21. The van der Waals surface area contributed by atoms with Gasteiger partial charge < -0.3 is 19.7 Å². The Balaban J connectivity index is 2.02. The van der Waals surface area contributed by atoms with Crippen molar-refractivity contribution < 1.29 is 23.5 Å². The Bertz CT molecular complexity index is 784. The van der Waals surface area contributed by atoms with Crippen molar-refractivity contribution in [3.8, 4) is 5.75 Å². The predicted molar refractivity (Wildman–Crippen MR) is 112 cm³/mol. The molecule has 1 atom stereocenters. The Morgan fingerprint density at radius 2 is 1.80 bits per heavy atom. The first-order valence-corrected chi connectivity index (χ1v) is 10.1. The predicted octanol–water partition coefficient (Wildman–Crippen LogP) is 3.16. The van der Waals surface area contributed by atoms with E-state index in [2.05, 4.69) is 5.32 Å². The second-order valence-electron chi connectivity index (χ2n) is 6.77. The molecule has 0 radical (unpaired) electrons. The van der Waals surface area contributed by atoms with Crippen LogP contribution in [0.1, 0.15) is 25.8 Å². The molecule has 2 aromatic carbocycles. The van der Waals surface area contributed by atoms with Crippen LogP contribution in [0.15, 0.2) is 54.6 Å². The maximum absolute atomic E-state index is 13.2. The van der Waals surface area contributed by atoms with Gasteiger partial charge >= 0.3 is 0 Å². The van der Waals surface area contributed by atoms with E-state index in [4.69, 9.17) is 9.47 Å². The lowest BCUT2D eigenvalue weighted by Gasteiger charge is -2.28. The number of carbonyl (C=O) groups excluding carboxylic acids is 2. The number of hydrogen-bond acceptors (Lipinski definition) is 4. The normalized spacial score (nSPS) is 11.6. The minimum absolute atomic E-state index is 0.171. The van der Waals surface area contributed by atoms with E-state index in [1.165, 1.54) is 17.0 Å². The summed E-state index contributed by atoms with van der Waals surface area (Å²) >= 11 is 0. The van der Waals surface area contributed by atoms with Crippen LogP contribution in [0.2, 0.25) is 0 Å². The first-order valence-electron chi connectivity index (χ1n) is 10.1. The quantitative estimate of drug-likeness (QED) is 0.540. The molecular weight excluding hydrogens is 387 g/mol. The highest BCUT2D eigenvalue weighted by Crippen LogP contribution is 2.13. The second-order valence-corrected chi connectivity index (χ2v) is 6.77. The van der Waals surface area contributed by atoms with Crippen LogP contribution in [0.5, 0.6) is 5.75 Å². The number of benzene rings is 2. The Morgan fingerprint density at radius 3 is 2.47 bits per heavy atom.